The van der Waals surface area contributed by atoms with Crippen molar-refractivity contribution in [2.24, 2.45) is 0 Å². The number of rotatable bonds is 8. The molecule has 0 saturated carbocycles. The third-order valence-electron chi connectivity index (χ3n) is 8.56. The number of nitrogens with zero attached hydrogens (tertiary/aromatic N) is 2. The van der Waals surface area contributed by atoms with Gasteiger partial charge in [-0.05, 0) is 83.3 Å². The van der Waals surface area contributed by atoms with E-state index in [0.29, 0.717) is 0 Å². The first-order chi connectivity index (χ1) is 21.8. The van der Waals surface area contributed by atoms with Gasteiger partial charge in [-0.15, -0.1) is 0 Å². The Morgan fingerprint density at radius 1 is 0.318 bits per heavy atom. The van der Waals surface area contributed by atoms with Crippen molar-refractivity contribution >= 4 is 55.7 Å². The fourth-order valence-electron chi connectivity index (χ4n) is 6.29. The van der Waals surface area contributed by atoms with Gasteiger partial charge < -0.3 is 9.80 Å². The van der Waals surface area contributed by atoms with Gasteiger partial charge in [0.2, 0.25) is 0 Å². The smallest absolute Gasteiger partial charge is 0.0788 e. The quantitative estimate of drug-likeness (QED) is 0.133. The van der Waals surface area contributed by atoms with E-state index in [1.807, 2.05) is 0 Å². The van der Waals surface area contributed by atoms with Gasteiger partial charge in [-0.2, -0.15) is 0 Å². The van der Waals surface area contributed by atoms with Crippen LogP contribution >= 0.6 is 0 Å². The van der Waals surface area contributed by atoms with Gasteiger partial charge in [0.15, 0.2) is 0 Å². The second kappa shape index (κ2) is 12.1. The Kier molecular flexibility index (Phi) is 7.56. The molecule has 7 aromatic rings. The zero-order chi connectivity index (χ0) is 29.9. The van der Waals surface area contributed by atoms with E-state index in [1.54, 1.807) is 0 Å². The highest BCUT2D eigenvalue weighted by molar-refractivity contribution is 6.23. The van der Waals surface area contributed by atoms with Crippen molar-refractivity contribution in [3.05, 3.63) is 169 Å². The van der Waals surface area contributed by atoms with Crippen molar-refractivity contribution in [2.45, 2.75) is 26.7 Å². The largest absolute Gasteiger partial charge is 0.308 e. The van der Waals surface area contributed by atoms with Crippen molar-refractivity contribution in [2.75, 3.05) is 9.80 Å². The van der Waals surface area contributed by atoms with Crippen LogP contribution in [0.5, 0.6) is 0 Å². The van der Waals surface area contributed by atoms with Crippen LogP contribution in [0, 0.1) is 0 Å². The molecule has 0 bridgehead atoms. The maximum atomic E-state index is 2.44. The van der Waals surface area contributed by atoms with Gasteiger partial charge in [0, 0.05) is 33.5 Å². The minimum absolute atomic E-state index is 1.01. The van der Waals surface area contributed by atoms with E-state index >= 15 is 0 Å². The Hall–Kier alpha value is -5.34. The topological polar surface area (TPSA) is 6.48 Å². The number of benzene rings is 7. The molecule has 0 aliphatic rings. The highest BCUT2D eigenvalue weighted by Crippen LogP contribution is 2.52. The van der Waals surface area contributed by atoms with Crippen LogP contribution in [-0.2, 0) is 12.8 Å². The monoisotopic (exact) mass is 568 g/mol. The standard InChI is InChI=1S/C42H36N2/c1-3-31-23-27-35(28-24-31)43(33-15-7-5-8-16-33)41-39-21-13-11-19-37(39)38-20-12-14-22-40(38)42(41)44(34-17-9-6-10-18-34)36-29-25-32(4-2)26-30-36/h5-30H,3-4H2,1-2H3. The van der Waals surface area contributed by atoms with E-state index in [2.05, 4.69) is 181 Å². The maximum absolute atomic E-state index is 2.44. The molecule has 0 N–H and O–H groups in total. The highest BCUT2D eigenvalue weighted by atomic mass is 15.2. The normalized spacial score (nSPS) is 11.1. The molecule has 0 aliphatic carbocycles. The van der Waals surface area contributed by atoms with Gasteiger partial charge in [0.1, 0.15) is 0 Å². The van der Waals surface area contributed by atoms with Crippen LogP contribution in [0.2, 0.25) is 0 Å². The summed E-state index contributed by atoms with van der Waals surface area (Å²) >= 11 is 0. The Bertz CT molecular complexity index is 1860. The molecule has 0 fully saturated rings. The zero-order valence-electron chi connectivity index (χ0n) is 25.3. The summed E-state index contributed by atoms with van der Waals surface area (Å²) in [4.78, 5) is 4.89. The lowest BCUT2D eigenvalue weighted by atomic mass is 9.95. The third kappa shape index (κ3) is 4.99. The number of hydrogen-bond donors (Lipinski definition) is 0. The van der Waals surface area contributed by atoms with Crippen LogP contribution in [0.1, 0.15) is 25.0 Å². The van der Waals surface area contributed by atoms with Gasteiger partial charge in [-0.25, -0.2) is 0 Å². The van der Waals surface area contributed by atoms with Gasteiger partial charge in [-0.1, -0.05) is 123 Å². The van der Waals surface area contributed by atoms with E-state index in [4.69, 9.17) is 0 Å². The molecule has 0 atom stereocenters. The number of para-hydroxylation sites is 2. The van der Waals surface area contributed by atoms with Gasteiger partial charge in [-0.3, -0.25) is 0 Å². The van der Waals surface area contributed by atoms with Gasteiger partial charge in [0.25, 0.3) is 0 Å². The molecular formula is C42H36N2. The predicted molar refractivity (Wildman–Crippen MR) is 190 cm³/mol. The SMILES string of the molecule is CCc1ccc(N(c2ccccc2)c2c(N(c3ccccc3)c3ccc(CC)cc3)c3ccccc3c3ccccc23)cc1. The molecule has 0 unspecified atom stereocenters. The molecule has 0 heterocycles. The van der Waals surface area contributed by atoms with E-state index in [9.17, 15) is 0 Å². The first kappa shape index (κ1) is 27.5. The van der Waals surface area contributed by atoms with Crippen molar-refractivity contribution < 1.29 is 0 Å². The maximum Gasteiger partial charge on any atom is 0.0788 e. The Morgan fingerprint density at radius 3 is 0.955 bits per heavy atom. The molecule has 7 rings (SSSR count). The van der Waals surface area contributed by atoms with Crippen molar-refractivity contribution in [3.8, 4) is 0 Å². The Morgan fingerprint density at radius 2 is 0.614 bits per heavy atom. The lowest BCUT2D eigenvalue weighted by molar-refractivity contribution is 1.13. The molecule has 0 saturated heterocycles. The van der Waals surface area contributed by atoms with E-state index < -0.39 is 0 Å². The third-order valence-corrected chi connectivity index (χ3v) is 8.56. The summed E-state index contributed by atoms with van der Waals surface area (Å²) in [6.07, 6.45) is 2.01. The minimum Gasteiger partial charge on any atom is -0.308 e. The average Bonchev–Trinajstić information content (AvgIpc) is 3.11. The zero-order valence-corrected chi connectivity index (χ0v) is 25.3. The fourth-order valence-corrected chi connectivity index (χ4v) is 6.29. The Labute approximate surface area is 260 Å². The molecule has 7 aromatic carbocycles. The molecule has 0 aromatic heterocycles. The van der Waals surface area contributed by atoms with Crippen LogP contribution in [0.25, 0.3) is 21.5 Å². The molecule has 0 aliphatic heterocycles. The number of aryl methyl sites for hydroxylation is 2. The highest BCUT2D eigenvalue weighted by Gasteiger charge is 2.27. The molecular weight excluding hydrogens is 532 g/mol. The average molecular weight is 569 g/mol. The second-order valence-electron chi connectivity index (χ2n) is 11.2. The predicted octanol–water partition coefficient (Wildman–Crippen LogP) is 12.1. The summed E-state index contributed by atoms with van der Waals surface area (Å²) in [5, 5.41) is 4.89. The summed E-state index contributed by atoms with van der Waals surface area (Å²) < 4.78 is 0. The van der Waals surface area contributed by atoms with Crippen LogP contribution in [0.4, 0.5) is 34.1 Å². The summed E-state index contributed by atoms with van der Waals surface area (Å²) in [5.74, 6) is 0. The number of fused-ring (bicyclic) bond motifs is 3. The fraction of sp³-hybridized carbons (Fsp3) is 0.0952. The molecule has 44 heavy (non-hydrogen) atoms. The van der Waals surface area contributed by atoms with E-state index in [-0.39, 0.29) is 0 Å². The first-order valence-corrected chi connectivity index (χ1v) is 15.6. The molecule has 0 spiro atoms. The van der Waals surface area contributed by atoms with Gasteiger partial charge >= 0.3 is 0 Å². The van der Waals surface area contributed by atoms with Crippen molar-refractivity contribution in [1.82, 2.24) is 0 Å². The molecule has 0 radical (unpaired) electrons. The molecule has 214 valence electrons. The number of hydrogen-bond acceptors (Lipinski definition) is 2. The lowest BCUT2D eigenvalue weighted by Gasteiger charge is -2.35. The molecule has 2 nitrogen and oxygen atoms in total. The van der Waals surface area contributed by atoms with E-state index in [0.717, 1.165) is 47.0 Å². The van der Waals surface area contributed by atoms with Crippen LogP contribution < -0.4 is 9.80 Å². The summed E-state index contributed by atoms with van der Waals surface area (Å²) in [7, 11) is 0. The van der Waals surface area contributed by atoms with Crippen LogP contribution in [-0.4, -0.2) is 0 Å². The molecule has 2 heteroatoms. The summed E-state index contributed by atoms with van der Waals surface area (Å²) in [5.41, 5.74) is 9.45. The number of anilines is 6. The summed E-state index contributed by atoms with van der Waals surface area (Å²) in [6, 6.07) is 57.3. The minimum atomic E-state index is 1.01. The van der Waals surface area contributed by atoms with Crippen LogP contribution in [0.15, 0.2) is 158 Å². The van der Waals surface area contributed by atoms with Crippen molar-refractivity contribution in [1.29, 1.82) is 0 Å². The second-order valence-corrected chi connectivity index (χ2v) is 11.2. The van der Waals surface area contributed by atoms with Crippen molar-refractivity contribution in [3.63, 3.8) is 0 Å². The van der Waals surface area contributed by atoms with E-state index in [1.165, 1.54) is 32.7 Å². The first-order valence-electron chi connectivity index (χ1n) is 15.6. The lowest BCUT2D eigenvalue weighted by Crippen LogP contribution is -2.18. The Balaban J connectivity index is 1.65. The summed E-state index contributed by atoms with van der Waals surface area (Å²) in [6.45, 7) is 4.42. The molecule has 0 amide bonds. The van der Waals surface area contributed by atoms with Crippen LogP contribution in [0.3, 0.4) is 0 Å². The van der Waals surface area contributed by atoms with Gasteiger partial charge in [0.05, 0.1) is 11.4 Å².